The van der Waals surface area contributed by atoms with Crippen LogP contribution in [-0.4, -0.2) is 16.0 Å². The van der Waals surface area contributed by atoms with Gasteiger partial charge in [-0.3, -0.25) is 9.78 Å². The maximum atomic E-state index is 12.1. The molecule has 1 aromatic carbocycles. The van der Waals surface area contributed by atoms with Crippen LogP contribution in [0.2, 0.25) is 0 Å². The van der Waals surface area contributed by atoms with Gasteiger partial charge in [-0.1, -0.05) is 32.0 Å². The second kappa shape index (κ2) is 6.12. The number of nitrogens with zero attached hydrogens (tertiary/aromatic N) is 1. The predicted molar refractivity (Wildman–Crippen MR) is 86.9 cm³/mol. The molecular weight excluding hydrogens is 292 g/mol. The van der Waals surface area contributed by atoms with Gasteiger partial charge in [-0.2, -0.15) is 0 Å². The Morgan fingerprint density at radius 1 is 1.22 bits per heavy atom. The highest BCUT2D eigenvalue weighted by molar-refractivity contribution is 5.86. The lowest BCUT2D eigenvalue weighted by Gasteiger charge is -2.20. The lowest BCUT2D eigenvalue weighted by molar-refractivity contribution is -0.124. The van der Waals surface area contributed by atoms with Gasteiger partial charge in [0, 0.05) is 23.1 Å². The third kappa shape index (κ3) is 2.90. The predicted octanol–water partition coefficient (Wildman–Crippen LogP) is 3.40. The average molecular weight is 310 g/mol. The Morgan fingerprint density at radius 2 is 2.04 bits per heavy atom. The molecule has 0 unspecified atom stereocenters. The zero-order valence-electron chi connectivity index (χ0n) is 13.0. The Labute approximate surface area is 134 Å². The van der Waals surface area contributed by atoms with Gasteiger partial charge in [-0.15, -0.1) is 0 Å². The summed E-state index contributed by atoms with van der Waals surface area (Å²) in [4.78, 5) is 16.4. The number of pyridine rings is 1. The van der Waals surface area contributed by atoms with Crippen LogP contribution in [0.1, 0.15) is 31.2 Å². The first kappa shape index (κ1) is 15.1. The molecule has 0 fully saturated rings. The highest BCUT2D eigenvalue weighted by Crippen LogP contribution is 2.34. The number of benzene rings is 1. The van der Waals surface area contributed by atoms with Gasteiger partial charge < -0.3 is 14.8 Å². The molecule has 1 amide bonds. The number of phenols is 1. The van der Waals surface area contributed by atoms with Gasteiger partial charge in [0.15, 0.2) is 0 Å². The van der Waals surface area contributed by atoms with E-state index in [0.717, 1.165) is 5.39 Å². The first-order valence-corrected chi connectivity index (χ1v) is 7.48. The summed E-state index contributed by atoms with van der Waals surface area (Å²) in [6.45, 7) is 3.63. The molecule has 5 heteroatoms. The first-order chi connectivity index (χ1) is 11.1. The van der Waals surface area contributed by atoms with E-state index in [1.807, 2.05) is 32.0 Å². The summed E-state index contributed by atoms with van der Waals surface area (Å²) in [6.07, 6.45) is 3.17. The van der Waals surface area contributed by atoms with Crippen molar-refractivity contribution in [2.45, 2.75) is 19.9 Å². The second-order valence-corrected chi connectivity index (χ2v) is 5.69. The second-order valence-electron chi connectivity index (χ2n) is 5.69. The molecule has 2 heterocycles. The normalized spacial score (nSPS) is 12.5. The van der Waals surface area contributed by atoms with Crippen molar-refractivity contribution in [2.75, 3.05) is 0 Å². The molecule has 2 N–H and O–H groups in total. The number of amides is 1. The van der Waals surface area contributed by atoms with Crippen LogP contribution in [0, 0.1) is 5.92 Å². The smallest absolute Gasteiger partial charge is 0.223 e. The van der Waals surface area contributed by atoms with Gasteiger partial charge in [-0.25, -0.2) is 0 Å². The fourth-order valence-electron chi connectivity index (χ4n) is 2.44. The van der Waals surface area contributed by atoms with E-state index in [-0.39, 0.29) is 17.6 Å². The van der Waals surface area contributed by atoms with Crippen molar-refractivity contribution in [2.24, 2.45) is 5.92 Å². The summed E-state index contributed by atoms with van der Waals surface area (Å²) in [5, 5.41) is 14.4. The van der Waals surface area contributed by atoms with Crippen LogP contribution in [0.4, 0.5) is 0 Å². The maximum absolute atomic E-state index is 12.1. The van der Waals surface area contributed by atoms with E-state index in [4.69, 9.17) is 4.42 Å². The van der Waals surface area contributed by atoms with Gasteiger partial charge >= 0.3 is 0 Å². The maximum Gasteiger partial charge on any atom is 0.223 e. The van der Waals surface area contributed by atoms with Crippen molar-refractivity contribution in [3.8, 4) is 5.75 Å². The van der Waals surface area contributed by atoms with E-state index in [1.165, 1.54) is 0 Å². The molecule has 3 rings (SSSR count). The largest absolute Gasteiger partial charge is 0.505 e. The lowest BCUT2D eigenvalue weighted by atomic mass is 10.00. The van der Waals surface area contributed by atoms with Crippen LogP contribution in [0.15, 0.2) is 53.3 Å². The topological polar surface area (TPSA) is 75.4 Å². The molecule has 23 heavy (non-hydrogen) atoms. The molecule has 0 saturated heterocycles. The number of hydrogen-bond acceptors (Lipinski definition) is 4. The Bertz CT molecular complexity index is 825. The molecular formula is C18H18N2O3. The highest BCUT2D eigenvalue weighted by Gasteiger charge is 2.24. The number of aromatic nitrogens is 1. The number of carbonyl (C=O) groups excluding carboxylic acids is 1. The summed E-state index contributed by atoms with van der Waals surface area (Å²) in [5.41, 5.74) is 1.06. The van der Waals surface area contributed by atoms with Crippen LogP contribution in [0.5, 0.6) is 5.75 Å². The molecule has 2 aromatic heterocycles. The summed E-state index contributed by atoms with van der Waals surface area (Å²) in [7, 11) is 0. The Hall–Kier alpha value is -2.82. The third-order valence-corrected chi connectivity index (χ3v) is 3.73. The third-order valence-electron chi connectivity index (χ3n) is 3.73. The molecule has 0 saturated carbocycles. The van der Waals surface area contributed by atoms with Gasteiger partial charge in [0.1, 0.15) is 23.1 Å². The molecule has 0 aliphatic heterocycles. The minimum Gasteiger partial charge on any atom is -0.505 e. The Kier molecular flexibility index (Phi) is 4.02. The Balaban J connectivity index is 2.10. The van der Waals surface area contributed by atoms with Crippen LogP contribution < -0.4 is 5.32 Å². The fourth-order valence-corrected chi connectivity index (χ4v) is 2.44. The van der Waals surface area contributed by atoms with Crippen molar-refractivity contribution in [1.29, 1.82) is 0 Å². The molecule has 118 valence electrons. The quantitative estimate of drug-likeness (QED) is 0.774. The SMILES string of the molecule is CC(C)C(=O)N[C@@H](c1ccco1)c1ccc2cccnc2c1O. The van der Waals surface area contributed by atoms with Crippen molar-refractivity contribution >= 4 is 16.8 Å². The van der Waals surface area contributed by atoms with Gasteiger partial charge in [-0.05, 0) is 18.2 Å². The number of furan rings is 1. The molecule has 1 atom stereocenters. The van der Waals surface area contributed by atoms with Crippen molar-refractivity contribution in [1.82, 2.24) is 10.3 Å². The monoisotopic (exact) mass is 310 g/mol. The molecule has 5 nitrogen and oxygen atoms in total. The number of carbonyl (C=O) groups is 1. The van der Waals surface area contributed by atoms with Crippen LogP contribution in [-0.2, 0) is 4.79 Å². The number of phenolic OH excluding ortho intramolecular Hbond substituents is 1. The van der Waals surface area contributed by atoms with Crippen LogP contribution in [0.25, 0.3) is 10.9 Å². The van der Waals surface area contributed by atoms with Crippen molar-refractivity contribution in [3.63, 3.8) is 0 Å². The molecule has 0 aliphatic rings. The zero-order chi connectivity index (χ0) is 16.4. The van der Waals surface area contributed by atoms with E-state index >= 15 is 0 Å². The van der Waals surface area contributed by atoms with E-state index in [2.05, 4.69) is 10.3 Å². The summed E-state index contributed by atoms with van der Waals surface area (Å²) in [6, 6.07) is 10.3. The van der Waals surface area contributed by atoms with E-state index in [9.17, 15) is 9.90 Å². The number of fused-ring (bicyclic) bond motifs is 1. The highest BCUT2D eigenvalue weighted by atomic mass is 16.3. The molecule has 0 bridgehead atoms. The van der Waals surface area contributed by atoms with Crippen LogP contribution >= 0.6 is 0 Å². The van der Waals surface area contributed by atoms with E-state index < -0.39 is 6.04 Å². The number of rotatable bonds is 4. The van der Waals surface area contributed by atoms with E-state index in [1.54, 1.807) is 30.7 Å². The van der Waals surface area contributed by atoms with Gasteiger partial charge in [0.25, 0.3) is 0 Å². The first-order valence-electron chi connectivity index (χ1n) is 7.48. The fraction of sp³-hybridized carbons (Fsp3) is 0.222. The molecule has 0 aliphatic carbocycles. The summed E-state index contributed by atoms with van der Waals surface area (Å²) in [5.74, 6) is 0.318. The van der Waals surface area contributed by atoms with Crippen LogP contribution in [0.3, 0.4) is 0 Å². The Morgan fingerprint density at radius 3 is 2.74 bits per heavy atom. The minimum atomic E-state index is -0.564. The summed E-state index contributed by atoms with van der Waals surface area (Å²) < 4.78 is 5.45. The van der Waals surface area contributed by atoms with Gasteiger partial charge in [0.05, 0.1) is 6.26 Å². The molecule has 0 spiro atoms. The molecule has 0 radical (unpaired) electrons. The lowest BCUT2D eigenvalue weighted by Crippen LogP contribution is -2.32. The minimum absolute atomic E-state index is 0.0496. The van der Waals surface area contributed by atoms with Crippen molar-refractivity contribution < 1.29 is 14.3 Å². The molecule has 3 aromatic rings. The summed E-state index contributed by atoms with van der Waals surface area (Å²) >= 11 is 0. The van der Waals surface area contributed by atoms with Crippen molar-refractivity contribution in [3.05, 3.63) is 60.2 Å². The standard InChI is InChI=1S/C18H18N2O3/c1-11(2)18(22)20-16(14-6-4-10-23-14)13-8-7-12-5-3-9-19-15(12)17(13)21/h3-11,16,21H,1-2H3,(H,20,22)/t16-/m1/s1. The number of nitrogens with one attached hydrogen (secondary N) is 1. The van der Waals surface area contributed by atoms with E-state index in [0.29, 0.717) is 16.8 Å². The number of hydrogen-bond donors (Lipinski definition) is 2. The number of aromatic hydroxyl groups is 1. The average Bonchev–Trinajstić information content (AvgIpc) is 3.07. The van der Waals surface area contributed by atoms with Gasteiger partial charge in [0.2, 0.25) is 5.91 Å². The zero-order valence-corrected chi connectivity index (χ0v) is 13.0.